The highest BCUT2D eigenvalue weighted by Crippen LogP contribution is 2.30. The number of amides is 2. The van der Waals surface area contributed by atoms with Crippen LogP contribution in [0.4, 0.5) is 5.69 Å². The van der Waals surface area contributed by atoms with E-state index in [2.05, 4.69) is 5.10 Å². The lowest BCUT2D eigenvalue weighted by Crippen LogP contribution is -2.35. The molecule has 4 rings (SSSR count). The number of aryl methyl sites for hydroxylation is 1. The highest BCUT2D eigenvalue weighted by molar-refractivity contribution is 6.39. The van der Waals surface area contributed by atoms with Gasteiger partial charge in [0.25, 0.3) is 17.4 Å². The third kappa shape index (κ3) is 2.91. The minimum Gasteiger partial charge on any atom is -0.323 e. The van der Waals surface area contributed by atoms with Gasteiger partial charge in [0.05, 0.1) is 11.1 Å². The number of nitrogens with zero attached hydrogens (tertiary/aromatic N) is 3. The number of anilines is 1. The number of nitrogens with two attached hydrogens (primary N) is 1. The van der Waals surface area contributed by atoms with Gasteiger partial charge in [0.1, 0.15) is 11.4 Å². The fourth-order valence-corrected chi connectivity index (χ4v) is 3.46. The summed E-state index contributed by atoms with van der Waals surface area (Å²) in [4.78, 5) is 39.8. The van der Waals surface area contributed by atoms with E-state index in [0.29, 0.717) is 11.1 Å². The predicted octanol–water partition coefficient (Wildman–Crippen LogP) is 2.17. The van der Waals surface area contributed by atoms with Gasteiger partial charge < -0.3 is 15.8 Å². The predicted molar refractivity (Wildman–Crippen MR) is 114 cm³/mol. The highest BCUT2D eigenvalue weighted by Gasteiger charge is 2.38. The summed E-state index contributed by atoms with van der Waals surface area (Å²) >= 11 is 0. The number of hydrazone groups is 1. The number of benzene rings is 2. The molecule has 30 heavy (non-hydrogen) atoms. The third-order valence-corrected chi connectivity index (χ3v) is 4.97. The van der Waals surface area contributed by atoms with E-state index in [1.54, 1.807) is 25.4 Å². The Labute approximate surface area is 171 Å². The number of imide groups is 1. The van der Waals surface area contributed by atoms with Gasteiger partial charge in [-0.15, -0.1) is 0 Å². The van der Waals surface area contributed by atoms with Crippen molar-refractivity contribution in [3.8, 4) is 11.1 Å². The molecule has 0 atom stereocenters. The number of nitrogens with one attached hydrogen (secondary N) is 1. The van der Waals surface area contributed by atoms with Crippen molar-refractivity contribution in [3.63, 3.8) is 0 Å². The van der Waals surface area contributed by atoms with Crippen LogP contribution in [-0.4, -0.2) is 28.3 Å². The third-order valence-electron chi connectivity index (χ3n) is 4.97. The van der Waals surface area contributed by atoms with Gasteiger partial charge in [0.2, 0.25) is 0 Å². The highest BCUT2D eigenvalue weighted by atomic mass is 16.2. The molecule has 1 aliphatic rings. The fourth-order valence-electron chi connectivity index (χ4n) is 3.46. The second-order valence-electron chi connectivity index (χ2n) is 6.76. The quantitative estimate of drug-likeness (QED) is 0.302. The first-order valence-electron chi connectivity index (χ1n) is 9.04. The van der Waals surface area contributed by atoms with Gasteiger partial charge in [-0.2, -0.15) is 5.10 Å². The number of pyridine rings is 1. The van der Waals surface area contributed by atoms with Crippen molar-refractivity contribution in [3.05, 3.63) is 87.8 Å². The fraction of sp³-hybridized carbons (Fsp3) is 0.0455. The number of carbonyl (C=O) groups is 2. The van der Waals surface area contributed by atoms with Crippen LogP contribution in [0.15, 0.2) is 70.7 Å². The Morgan fingerprint density at radius 2 is 1.67 bits per heavy atom. The zero-order valence-electron chi connectivity index (χ0n) is 16.0. The van der Waals surface area contributed by atoms with Crippen molar-refractivity contribution < 1.29 is 9.59 Å². The lowest BCUT2D eigenvalue weighted by molar-refractivity contribution is 0.0925. The number of hydrogen-bond donors (Lipinski definition) is 2. The lowest BCUT2D eigenvalue weighted by Gasteiger charge is -2.16. The largest absolute Gasteiger partial charge is 0.323 e. The van der Waals surface area contributed by atoms with Crippen LogP contribution in [0.3, 0.4) is 0 Å². The molecule has 0 radical (unpaired) electrons. The first-order chi connectivity index (χ1) is 14.5. The molecule has 0 saturated heterocycles. The molecule has 1 aromatic heterocycles. The van der Waals surface area contributed by atoms with Gasteiger partial charge in [-0.25, -0.2) is 4.90 Å². The summed E-state index contributed by atoms with van der Waals surface area (Å²) in [6, 6.07) is 15.4. The van der Waals surface area contributed by atoms with Crippen molar-refractivity contribution in [2.45, 2.75) is 0 Å². The van der Waals surface area contributed by atoms with E-state index in [1.807, 2.05) is 30.3 Å². The van der Waals surface area contributed by atoms with Gasteiger partial charge in [-0.05, 0) is 23.8 Å². The van der Waals surface area contributed by atoms with E-state index < -0.39 is 17.4 Å². The van der Waals surface area contributed by atoms with Gasteiger partial charge in [0, 0.05) is 30.6 Å². The van der Waals surface area contributed by atoms with Crippen LogP contribution < -0.4 is 16.3 Å². The Hall–Kier alpha value is -4.33. The maximum absolute atomic E-state index is 13.1. The molecule has 3 aromatic rings. The molecule has 0 spiro atoms. The van der Waals surface area contributed by atoms with E-state index >= 15 is 0 Å². The molecule has 0 aliphatic carbocycles. The molecule has 0 fully saturated rings. The van der Waals surface area contributed by atoms with Crippen LogP contribution in [0.1, 0.15) is 26.3 Å². The maximum Gasteiger partial charge on any atom is 0.274 e. The maximum atomic E-state index is 13.1. The van der Waals surface area contributed by atoms with Gasteiger partial charge in [-0.3, -0.25) is 14.4 Å². The molecule has 148 valence electrons. The van der Waals surface area contributed by atoms with Gasteiger partial charge in [0.15, 0.2) is 0 Å². The van der Waals surface area contributed by atoms with E-state index in [9.17, 15) is 14.4 Å². The first-order valence-corrected chi connectivity index (χ1v) is 9.04. The molecule has 8 heteroatoms. The van der Waals surface area contributed by atoms with Crippen LogP contribution in [0.2, 0.25) is 0 Å². The molecule has 8 nitrogen and oxygen atoms in total. The summed E-state index contributed by atoms with van der Waals surface area (Å²) < 4.78 is 1.35. The van der Waals surface area contributed by atoms with Gasteiger partial charge >= 0.3 is 0 Å². The van der Waals surface area contributed by atoms with Crippen molar-refractivity contribution in [1.82, 2.24) is 4.57 Å². The normalized spacial score (nSPS) is 13.5. The summed E-state index contributed by atoms with van der Waals surface area (Å²) in [7, 11) is 1.57. The van der Waals surface area contributed by atoms with Crippen molar-refractivity contribution in [2.75, 3.05) is 4.90 Å². The second kappa shape index (κ2) is 7.25. The van der Waals surface area contributed by atoms with Crippen LogP contribution >= 0.6 is 0 Å². The Balaban J connectivity index is 1.85. The molecule has 3 N–H and O–H groups in total. The van der Waals surface area contributed by atoms with Crippen LogP contribution in [0, 0.1) is 5.41 Å². The number of rotatable bonds is 4. The molecule has 0 bridgehead atoms. The number of hydrogen-bond acceptors (Lipinski definition) is 6. The van der Waals surface area contributed by atoms with E-state index in [1.165, 1.54) is 16.7 Å². The minimum absolute atomic E-state index is 0.0219. The minimum atomic E-state index is -0.611. The Bertz CT molecular complexity index is 1290. The summed E-state index contributed by atoms with van der Waals surface area (Å²) in [6.07, 6.45) is 2.62. The number of fused-ring (bicyclic) bond motifs is 1. The lowest BCUT2D eigenvalue weighted by atomic mass is 10.0. The number of carbonyl (C=O) groups excluding carboxylic acids is 2. The van der Waals surface area contributed by atoms with Crippen LogP contribution in [0.25, 0.3) is 11.1 Å². The van der Waals surface area contributed by atoms with Crippen molar-refractivity contribution in [1.29, 1.82) is 5.41 Å². The molecular weight excluding hydrogens is 382 g/mol. The molecule has 2 heterocycles. The Kier molecular flexibility index (Phi) is 4.59. The average Bonchev–Trinajstić information content (AvgIpc) is 3.01. The van der Waals surface area contributed by atoms with Crippen molar-refractivity contribution >= 4 is 29.4 Å². The molecule has 2 aromatic carbocycles. The SMILES string of the molecule is Cn1cc(-c2ccccc2)cc(N2C(=O)c3ccc(/C(C=N)=N/N)cc3C2=O)c1=O. The summed E-state index contributed by atoms with van der Waals surface area (Å²) in [5.41, 5.74) is 1.97. The van der Waals surface area contributed by atoms with Gasteiger partial charge in [-0.1, -0.05) is 36.4 Å². The Morgan fingerprint density at radius 1 is 0.967 bits per heavy atom. The summed E-state index contributed by atoms with van der Waals surface area (Å²) in [5.74, 6) is 4.09. The van der Waals surface area contributed by atoms with E-state index in [4.69, 9.17) is 11.3 Å². The molecule has 2 amide bonds. The molecule has 1 aliphatic heterocycles. The monoisotopic (exact) mass is 399 g/mol. The zero-order valence-corrected chi connectivity index (χ0v) is 16.0. The standard InChI is InChI=1S/C22H17N5O3/c1-26-12-15(13-5-3-2-4-6-13)10-19(22(26)30)27-20(28)16-8-7-14(18(11-23)25-24)9-17(16)21(27)29/h2-12,23H,24H2,1H3/b23-11?,25-18+. The molecular formula is C22H17N5O3. The average molecular weight is 399 g/mol. The molecule has 0 unspecified atom stereocenters. The number of aromatic nitrogens is 1. The summed E-state index contributed by atoms with van der Waals surface area (Å²) in [6.45, 7) is 0. The Morgan fingerprint density at radius 3 is 2.33 bits per heavy atom. The second-order valence-corrected chi connectivity index (χ2v) is 6.76. The van der Waals surface area contributed by atoms with Crippen LogP contribution in [0.5, 0.6) is 0 Å². The smallest absolute Gasteiger partial charge is 0.274 e. The molecule has 0 saturated carbocycles. The van der Waals surface area contributed by atoms with Crippen molar-refractivity contribution in [2.24, 2.45) is 18.0 Å². The van der Waals surface area contributed by atoms with Crippen LogP contribution in [-0.2, 0) is 7.05 Å². The zero-order chi connectivity index (χ0) is 21.4. The topological polar surface area (TPSA) is 122 Å². The van der Waals surface area contributed by atoms with E-state index in [-0.39, 0.29) is 22.5 Å². The first kappa shape index (κ1) is 19.0. The summed E-state index contributed by atoms with van der Waals surface area (Å²) in [5, 5.41) is 10.9. The van der Waals surface area contributed by atoms with E-state index in [0.717, 1.165) is 16.7 Å².